The number of hydrogen-bond acceptors (Lipinski definition) is 2. The summed E-state index contributed by atoms with van der Waals surface area (Å²) in [5, 5.41) is 3.47. The molecule has 0 aliphatic heterocycles. The van der Waals surface area contributed by atoms with Crippen molar-refractivity contribution in [2.75, 3.05) is 13.7 Å². The van der Waals surface area contributed by atoms with E-state index in [2.05, 4.69) is 40.1 Å². The van der Waals surface area contributed by atoms with Crippen LogP contribution in [0.5, 0.6) is 0 Å². The zero-order valence-electron chi connectivity index (χ0n) is 11.6. The molecule has 1 rings (SSSR count). The van der Waals surface area contributed by atoms with E-state index in [1.807, 2.05) is 0 Å². The highest BCUT2D eigenvalue weighted by molar-refractivity contribution is 4.86. The van der Waals surface area contributed by atoms with Crippen LogP contribution >= 0.6 is 0 Å². The number of rotatable bonds is 5. The molecule has 1 N–H and O–H groups in total. The third-order valence-corrected chi connectivity index (χ3v) is 4.42. The molecule has 96 valence electrons. The van der Waals surface area contributed by atoms with Crippen LogP contribution in [-0.4, -0.2) is 25.8 Å². The van der Waals surface area contributed by atoms with Crippen LogP contribution in [0.4, 0.5) is 0 Å². The summed E-state index contributed by atoms with van der Waals surface area (Å²) >= 11 is 0. The summed E-state index contributed by atoms with van der Waals surface area (Å²) in [6.45, 7) is 9.89. The Labute approximate surface area is 101 Å². The van der Waals surface area contributed by atoms with Crippen molar-refractivity contribution in [3.8, 4) is 0 Å². The Bertz CT molecular complexity index is 195. The fourth-order valence-electron chi connectivity index (χ4n) is 3.14. The third kappa shape index (κ3) is 3.46. The van der Waals surface area contributed by atoms with Gasteiger partial charge in [0.15, 0.2) is 0 Å². The lowest BCUT2D eigenvalue weighted by Gasteiger charge is -2.38. The first-order valence-corrected chi connectivity index (χ1v) is 6.89. The van der Waals surface area contributed by atoms with Crippen molar-refractivity contribution < 1.29 is 4.74 Å². The highest BCUT2D eigenvalue weighted by atomic mass is 16.5. The smallest absolute Gasteiger partial charge is 0.0702 e. The van der Waals surface area contributed by atoms with Crippen LogP contribution in [0.2, 0.25) is 0 Å². The summed E-state index contributed by atoms with van der Waals surface area (Å²) < 4.78 is 5.75. The number of likely N-dealkylation sites (N-methyl/N-ethyl adjacent to an activating group) is 1. The molecule has 2 heteroatoms. The van der Waals surface area contributed by atoms with Gasteiger partial charge in [0.2, 0.25) is 0 Å². The van der Waals surface area contributed by atoms with Gasteiger partial charge in [0, 0.05) is 12.6 Å². The molecule has 0 saturated heterocycles. The number of hydrogen-bond donors (Lipinski definition) is 1. The fourth-order valence-corrected chi connectivity index (χ4v) is 3.14. The van der Waals surface area contributed by atoms with Gasteiger partial charge in [-0.3, -0.25) is 0 Å². The van der Waals surface area contributed by atoms with E-state index in [1.54, 1.807) is 0 Å². The van der Waals surface area contributed by atoms with Gasteiger partial charge in [-0.05, 0) is 51.5 Å². The van der Waals surface area contributed by atoms with Crippen molar-refractivity contribution >= 4 is 0 Å². The summed E-state index contributed by atoms with van der Waals surface area (Å²) in [5.41, 5.74) is 0. The summed E-state index contributed by atoms with van der Waals surface area (Å²) in [7, 11) is 2.07. The van der Waals surface area contributed by atoms with Crippen LogP contribution in [0.15, 0.2) is 0 Å². The predicted octanol–water partition coefficient (Wildman–Crippen LogP) is 3.07. The molecule has 16 heavy (non-hydrogen) atoms. The minimum atomic E-state index is 0.334. The first-order chi connectivity index (χ1) is 7.60. The van der Waals surface area contributed by atoms with Gasteiger partial charge in [0.25, 0.3) is 0 Å². The fraction of sp³-hybridized carbons (Fsp3) is 1.00. The molecule has 0 amide bonds. The highest BCUT2D eigenvalue weighted by Gasteiger charge is 2.32. The Morgan fingerprint density at radius 3 is 2.44 bits per heavy atom. The minimum Gasteiger partial charge on any atom is -0.377 e. The molecular formula is C14H29NO. The first-order valence-electron chi connectivity index (χ1n) is 6.89. The van der Waals surface area contributed by atoms with Crippen molar-refractivity contribution in [2.24, 2.45) is 17.8 Å². The zero-order chi connectivity index (χ0) is 12.1. The van der Waals surface area contributed by atoms with E-state index in [0.29, 0.717) is 12.1 Å². The Morgan fingerprint density at radius 1 is 1.25 bits per heavy atom. The van der Waals surface area contributed by atoms with Crippen molar-refractivity contribution in [2.45, 2.75) is 59.1 Å². The van der Waals surface area contributed by atoms with Crippen LogP contribution < -0.4 is 5.32 Å². The van der Waals surface area contributed by atoms with Crippen LogP contribution in [-0.2, 0) is 4.74 Å². The zero-order valence-corrected chi connectivity index (χ0v) is 11.6. The van der Waals surface area contributed by atoms with Gasteiger partial charge >= 0.3 is 0 Å². The second kappa shape index (κ2) is 6.61. The third-order valence-electron chi connectivity index (χ3n) is 4.42. The average molecular weight is 227 g/mol. The molecule has 5 atom stereocenters. The van der Waals surface area contributed by atoms with E-state index in [0.717, 1.165) is 24.4 Å². The summed E-state index contributed by atoms with van der Waals surface area (Å²) in [6, 6.07) is 0.523. The quantitative estimate of drug-likeness (QED) is 0.779. The molecule has 0 heterocycles. The highest BCUT2D eigenvalue weighted by Crippen LogP contribution is 2.35. The predicted molar refractivity (Wildman–Crippen MR) is 69.6 cm³/mol. The maximum Gasteiger partial charge on any atom is 0.0702 e. The van der Waals surface area contributed by atoms with Crippen LogP contribution in [0, 0.1) is 17.8 Å². The molecule has 0 aromatic carbocycles. The Hall–Kier alpha value is -0.0800. The van der Waals surface area contributed by atoms with Crippen LogP contribution in [0.3, 0.4) is 0 Å². The summed E-state index contributed by atoms with van der Waals surface area (Å²) in [5.74, 6) is 2.55. The second-order valence-electron chi connectivity index (χ2n) is 5.50. The topological polar surface area (TPSA) is 21.3 Å². The average Bonchev–Trinajstić information content (AvgIpc) is 2.25. The maximum absolute atomic E-state index is 5.75. The Morgan fingerprint density at radius 2 is 1.94 bits per heavy atom. The molecule has 5 unspecified atom stereocenters. The molecule has 1 aliphatic carbocycles. The molecule has 0 radical (unpaired) electrons. The van der Waals surface area contributed by atoms with E-state index in [4.69, 9.17) is 4.74 Å². The van der Waals surface area contributed by atoms with E-state index in [1.165, 1.54) is 19.3 Å². The summed E-state index contributed by atoms with van der Waals surface area (Å²) in [4.78, 5) is 0. The molecule has 1 fully saturated rings. The Kier molecular flexibility index (Phi) is 5.77. The molecule has 1 saturated carbocycles. The van der Waals surface area contributed by atoms with Gasteiger partial charge in [0.1, 0.15) is 0 Å². The monoisotopic (exact) mass is 227 g/mol. The van der Waals surface area contributed by atoms with Crippen LogP contribution in [0.25, 0.3) is 0 Å². The van der Waals surface area contributed by atoms with Crippen molar-refractivity contribution in [3.63, 3.8) is 0 Å². The second-order valence-corrected chi connectivity index (χ2v) is 5.50. The normalized spacial score (nSPS) is 34.7. The molecule has 2 nitrogen and oxygen atoms in total. The molecule has 0 aromatic heterocycles. The maximum atomic E-state index is 5.75. The van der Waals surface area contributed by atoms with E-state index in [9.17, 15) is 0 Å². The van der Waals surface area contributed by atoms with Gasteiger partial charge in [-0.25, -0.2) is 0 Å². The Balaban J connectivity index is 2.53. The molecule has 0 spiro atoms. The molecule has 0 aromatic rings. The largest absolute Gasteiger partial charge is 0.377 e. The lowest BCUT2D eigenvalue weighted by Crippen LogP contribution is -2.45. The van der Waals surface area contributed by atoms with Gasteiger partial charge in [-0.15, -0.1) is 0 Å². The molecular weight excluding hydrogens is 198 g/mol. The van der Waals surface area contributed by atoms with E-state index < -0.39 is 0 Å². The van der Waals surface area contributed by atoms with E-state index in [-0.39, 0.29) is 0 Å². The summed E-state index contributed by atoms with van der Waals surface area (Å²) in [6.07, 6.45) is 4.42. The van der Waals surface area contributed by atoms with E-state index >= 15 is 0 Å². The van der Waals surface area contributed by atoms with Gasteiger partial charge in [-0.2, -0.15) is 0 Å². The van der Waals surface area contributed by atoms with Crippen molar-refractivity contribution in [1.82, 2.24) is 5.32 Å². The minimum absolute atomic E-state index is 0.334. The standard InChI is InChI=1S/C14H29NO/c1-6-16-12(4)14(15-5)13-8-7-10(2)11(3)9-13/h10-15H,6-9H2,1-5H3. The lowest BCUT2D eigenvalue weighted by atomic mass is 9.72. The first kappa shape index (κ1) is 14.0. The molecule has 0 bridgehead atoms. The van der Waals surface area contributed by atoms with Gasteiger partial charge in [-0.1, -0.05) is 20.3 Å². The number of ether oxygens (including phenoxy) is 1. The SMILES string of the molecule is CCOC(C)C(NC)C1CCC(C)C(C)C1. The van der Waals surface area contributed by atoms with Crippen LogP contribution in [0.1, 0.15) is 47.0 Å². The lowest BCUT2D eigenvalue weighted by molar-refractivity contribution is 0.0179. The molecule has 1 aliphatic rings. The van der Waals surface area contributed by atoms with Crippen molar-refractivity contribution in [1.29, 1.82) is 0 Å². The van der Waals surface area contributed by atoms with Crippen molar-refractivity contribution in [3.05, 3.63) is 0 Å². The van der Waals surface area contributed by atoms with Gasteiger partial charge in [0.05, 0.1) is 6.10 Å². The number of nitrogens with one attached hydrogen (secondary N) is 1. The van der Waals surface area contributed by atoms with Gasteiger partial charge < -0.3 is 10.1 Å².